The minimum atomic E-state index is 0.152. The number of benzene rings is 5. The van der Waals surface area contributed by atoms with Gasteiger partial charge in [0.2, 0.25) is 0 Å². The topological polar surface area (TPSA) is 3.24 Å². The van der Waals surface area contributed by atoms with Gasteiger partial charge in [-0.1, -0.05) is 124 Å². The van der Waals surface area contributed by atoms with Crippen LogP contribution in [-0.4, -0.2) is 0 Å². The molecule has 0 N–H and O–H groups in total. The van der Waals surface area contributed by atoms with Gasteiger partial charge in [0.15, 0.2) is 0 Å². The highest BCUT2D eigenvalue weighted by molar-refractivity contribution is 5.90. The van der Waals surface area contributed by atoms with Crippen LogP contribution >= 0.6 is 0 Å². The summed E-state index contributed by atoms with van der Waals surface area (Å²) in [6, 6.07) is 44.9. The lowest BCUT2D eigenvalue weighted by atomic mass is 9.50. The average Bonchev–Trinajstić information content (AvgIpc) is 3.58. The van der Waals surface area contributed by atoms with Gasteiger partial charge in [-0.3, -0.25) is 0 Å². The Balaban J connectivity index is 1.15. The molecule has 0 aliphatic heterocycles. The highest BCUT2D eigenvalue weighted by Gasteiger charge is 2.56. The van der Waals surface area contributed by atoms with E-state index < -0.39 is 0 Å². The van der Waals surface area contributed by atoms with Gasteiger partial charge in [-0.25, -0.2) is 0 Å². The van der Waals surface area contributed by atoms with Gasteiger partial charge < -0.3 is 4.90 Å². The van der Waals surface area contributed by atoms with Crippen LogP contribution in [0.4, 0.5) is 17.1 Å². The van der Waals surface area contributed by atoms with E-state index >= 15 is 0 Å². The van der Waals surface area contributed by atoms with E-state index in [4.69, 9.17) is 0 Å². The molecule has 5 aliphatic carbocycles. The summed E-state index contributed by atoms with van der Waals surface area (Å²) >= 11 is 0. The molecule has 3 saturated carbocycles. The highest BCUT2D eigenvalue weighted by Crippen LogP contribution is 2.65. The summed E-state index contributed by atoms with van der Waals surface area (Å²) in [5, 5.41) is 0. The second-order valence-electron chi connectivity index (χ2n) is 15.8. The largest absolute Gasteiger partial charge is 0.310 e. The van der Waals surface area contributed by atoms with Crippen molar-refractivity contribution < 1.29 is 0 Å². The summed E-state index contributed by atoms with van der Waals surface area (Å²) in [5.74, 6) is 2.38. The van der Waals surface area contributed by atoms with Gasteiger partial charge in [-0.15, -0.1) is 0 Å². The first-order valence-electron chi connectivity index (χ1n) is 19.1. The van der Waals surface area contributed by atoms with Crippen LogP contribution in [0.5, 0.6) is 0 Å². The minimum absolute atomic E-state index is 0.152. The smallest absolute Gasteiger partial charge is 0.0468 e. The maximum absolute atomic E-state index is 2.57. The van der Waals surface area contributed by atoms with Crippen molar-refractivity contribution in [2.24, 2.45) is 17.8 Å². The third-order valence-electron chi connectivity index (χ3n) is 13.8. The number of nitrogens with zero attached hydrogens (tertiary/aromatic N) is 1. The molecule has 2 bridgehead atoms. The minimum Gasteiger partial charge on any atom is -0.310 e. The molecule has 0 amide bonds. The first-order valence-corrected chi connectivity index (χ1v) is 19.1. The van der Waals surface area contributed by atoms with Crippen molar-refractivity contribution in [1.82, 2.24) is 0 Å². The van der Waals surface area contributed by atoms with Gasteiger partial charge in [0, 0.05) is 27.9 Å². The Bertz CT molecular complexity index is 2010. The molecule has 5 aromatic carbocycles. The van der Waals surface area contributed by atoms with Crippen LogP contribution in [0, 0.1) is 17.8 Å². The standard InChI is InChI=1S/C47H47N/c1-2-33-28-32-14-13-15-34(29-32)47(33)44-21-10-8-19-39(44)41-31-37(23-25-45(41)47)48(35-16-5-3-6-17-35)36-22-24-43-40(30-36)38-18-7-9-20-42(38)46(43)26-11-4-12-27-46/h3,5-10,16-25,30-34H,2,4,11-15,26-29H2,1H3. The lowest BCUT2D eigenvalue weighted by Crippen LogP contribution is -2.48. The number of fused-ring (bicyclic) bond motifs is 13. The van der Waals surface area contributed by atoms with E-state index in [9.17, 15) is 0 Å². The normalized spacial score (nSPS) is 25.7. The number of hydrogen-bond acceptors (Lipinski definition) is 1. The van der Waals surface area contributed by atoms with Crippen LogP contribution in [0.2, 0.25) is 0 Å². The summed E-state index contributed by atoms with van der Waals surface area (Å²) in [4.78, 5) is 2.53. The van der Waals surface area contributed by atoms with Gasteiger partial charge >= 0.3 is 0 Å². The molecule has 1 nitrogen and oxygen atoms in total. The van der Waals surface area contributed by atoms with E-state index in [0.717, 1.165) is 11.8 Å². The quantitative estimate of drug-likeness (QED) is 0.192. The van der Waals surface area contributed by atoms with Crippen LogP contribution in [0.15, 0.2) is 115 Å². The van der Waals surface area contributed by atoms with E-state index in [0.29, 0.717) is 5.92 Å². The summed E-state index contributed by atoms with van der Waals surface area (Å²) in [6.45, 7) is 2.46. The summed E-state index contributed by atoms with van der Waals surface area (Å²) in [5.41, 5.74) is 16.2. The molecule has 1 heteroatoms. The van der Waals surface area contributed by atoms with Crippen molar-refractivity contribution in [2.75, 3.05) is 4.90 Å². The fourth-order valence-corrected chi connectivity index (χ4v) is 12.0. The summed E-state index contributed by atoms with van der Waals surface area (Å²) in [6.07, 6.45) is 14.8. The van der Waals surface area contributed by atoms with Crippen molar-refractivity contribution >= 4 is 17.1 Å². The molecule has 0 saturated heterocycles. The second-order valence-corrected chi connectivity index (χ2v) is 15.8. The zero-order valence-corrected chi connectivity index (χ0v) is 28.4. The molecular weight excluding hydrogens is 579 g/mol. The predicted molar refractivity (Wildman–Crippen MR) is 200 cm³/mol. The SMILES string of the molecule is CCC1CC2CCCC(C2)C12c1ccccc1-c1cc(N(c3ccccc3)c3ccc4c(c3)-c3ccccc3C43CCCCC3)ccc12. The van der Waals surface area contributed by atoms with Crippen molar-refractivity contribution in [2.45, 2.75) is 88.4 Å². The van der Waals surface area contributed by atoms with Crippen molar-refractivity contribution in [3.05, 3.63) is 138 Å². The van der Waals surface area contributed by atoms with Gasteiger partial charge in [0.1, 0.15) is 0 Å². The molecule has 48 heavy (non-hydrogen) atoms. The summed E-state index contributed by atoms with van der Waals surface area (Å²) < 4.78 is 0. The Labute approximate surface area is 287 Å². The van der Waals surface area contributed by atoms with Gasteiger partial charge in [0.05, 0.1) is 0 Å². The van der Waals surface area contributed by atoms with Gasteiger partial charge in [-0.05, 0) is 131 Å². The third-order valence-corrected chi connectivity index (χ3v) is 13.8. The van der Waals surface area contributed by atoms with E-state index in [1.807, 2.05) is 0 Å². The molecule has 3 fully saturated rings. The first-order chi connectivity index (χ1) is 23.7. The van der Waals surface area contributed by atoms with E-state index in [1.54, 1.807) is 22.3 Å². The lowest BCUT2D eigenvalue weighted by Gasteiger charge is -2.54. The molecule has 4 unspecified atom stereocenters. The zero-order valence-electron chi connectivity index (χ0n) is 28.4. The van der Waals surface area contributed by atoms with Crippen LogP contribution in [0.1, 0.15) is 99.8 Å². The van der Waals surface area contributed by atoms with E-state index in [-0.39, 0.29) is 10.8 Å². The third kappa shape index (κ3) is 3.91. The van der Waals surface area contributed by atoms with Crippen molar-refractivity contribution in [1.29, 1.82) is 0 Å². The van der Waals surface area contributed by atoms with Gasteiger partial charge in [0.25, 0.3) is 0 Å². The fourth-order valence-electron chi connectivity index (χ4n) is 12.0. The molecule has 2 spiro atoms. The predicted octanol–water partition coefficient (Wildman–Crippen LogP) is 12.9. The maximum atomic E-state index is 2.57. The van der Waals surface area contributed by atoms with Gasteiger partial charge in [-0.2, -0.15) is 0 Å². The van der Waals surface area contributed by atoms with Crippen LogP contribution in [-0.2, 0) is 10.8 Å². The zero-order chi connectivity index (χ0) is 31.9. The van der Waals surface area contributed by atoms with Crippen LogP contribution in [0.25, 0.3) is 22.3 Å². The van der Waals surface area contributed by atoms with Crippen molar-refractivity contribution in [3.8, 4) is 22.3 Å². The van der Waals surface area contributed by atoms with Crippen molar-refractivity contribution in [3.63, 3.8) is 0 Å². The lowest BCUT2D eigenvalue weighted by molar-refractivity contribution is 0.0557. The highest BCUT2D eigenvalue weighted by atomic mass is 15.1. The molecule has 0 aromatic heterocycles. The van der Waals surface area contributed by atoms with Crippen LogP contribution in [0.3, 0.4) is 0 Å². The number of hydrogen-bond donors (Lipinski definition) is 0. The number of rotatable bonds is 4. The fraction of sp³-hybridized carbons (Fsp3) is 0.362. The van der Waals surface area contributed by atoms with E-state index in [2.05, 4.69) is 127 Å². The average molecular weight is 626 g/mol. The Morgan fingerprint density at radius 3 is 1.90 bits per heavy atom. The molecule has 0 radical (unpaired) electrons. The molecular formula is C47H47N. The Morgan fingerprint density at radius 1 is 0.542 bits per heavy atom. The molecule has 240 valence electrons. The number of para-hydroxylation sites is 1. The van der Waals surface area contributed by atoms with E-state index in [1.165, 1.54) is 110 Å². The Kier molecular flexibility index (Phi) is 6.59. The maximum Gasteiger partial charge on any atom is 0.0468 e. The molecule has 5 aliphatic rings. The monoisotopic (exact) mass is 625 g/mol. The Hall–Kier alpha value is -4.10. The molecule has 5 aromatic rings. The van der Waals surface area contributed by atoms with Crippen LogP contribution < -0.4 is 4.90 Å². The summed E-state index contributed by atoms with van der Waals surface area (Å²) in [7, 11) is 0. The molecule has 0 heterocycles. The second kappa shape index (κ2) is 11.0. The molecule has 4 atom stereocenters. The first kappa shape index (κ1) is 28.9. The molecule has 10 rings (SSSR count). The Morgan fingerprint density at radius 2 is 1.15 bits per heavy atom. The number of anilines is 3.